The van der Waals surface area contributed by atoms with Crippen molar-refractivity contribution in [2.45, 2.75) is 11.4 Å². The summed E-state index contributed by atoms with van der Waals surface area (Å²) >= 11 is 13.8. The van der Waals surface area contributed by atoms with Crippen molar-refractivity contribution in [3.05, 3.63) is 94.8 Å². The molecule has 0 atom stereocenters. The second-order valence-corrected chi connectivity index (χ2v) is 10.6. The third-order valence-corrected chi connectivity index (χ3v) is 7.99. The molecule has 0 radical (unpaired) electrons. The van der Waals surface area contributed by atoms with Crippen molar-refractivity contribution in [2.75, 3.05) is 13.1 Å². The van der Waals surface area contributed by atoms with E-state index >= 15 is 0 Å². The molecule has 0 fully saturated rings. The van der Waals surface area contributed by atoms with Gasteiger partial charge in [-0.25, -0.2) is 8.42 Å². The maximum absolute atomic E-state index is 12.9. The Kier molecular flexibility index (Phi) is 8.10. The minimum Gasteiger partial charge on any atom is -0.311 e. The molecule has 1 aromatic heterocycles. The van der Waals surface area contributed by atoms with Crippen molar-refractivity contribution < 1.29 is 13.2 Å². The highest BCUT2D eigenvalue weighted by atomic mass is 35.5. The van der Waals surface area contributed by atoms with Crippen molar-refractivity contribution in [3.8, 4) is 0 Å². The summed E-state index contributed by atoms with van der Waals surface area (Å²) in [6.45, 7) is 11.6. The number of allylic oxidation sites excluding steroid dienone is 1. The molecular weight excluding hydrogens is 501 g/mol. The van der Waals surface area contributed by atoms with Crippen LogP contribution in [0.15, 0.2) is 84.3 Å². The zero-order chi connectivity index (χ0) is 24.2. The average molecular weight is 522 g/mol. The van der Waals surface area contributed by atoms with Gasteiger partial charge in [-0.15, -0.1) is 19.7 Å². The van der Waals surface area contributed by atoms with E-state index in [0.29, 0.717) is 26.9 Å². The maximum Gasteiger partial charge on any atom is 0.279 e. The normalized spacial score (nSPS) is 12.3. The number of nitrogens with zero attached hydrogens (tertiary/aromatic N) is 3. The van der Waals surface area contributed by atoms with E-state index < -0.39 is 15.9 Å². The number of carbonyl (C=O) groups is 1. The smallest absolute Gasteiger partial charge is 0.279 e. The van der Waals surface area contributed by atoms with E-state index in [1.807, 2.05) is 0 Å². The first-order chi connectivity index (χ1) is 15.7. The van der Waals surface area contributed by atoms with Crippen LogP contribution in [0.5, 0.6) is 0 Å². The molecule has 0 unspecified atom stereocenters. The summed E-state index contributed by atoms with van der Waals surface area (Å²) in [5.41, 5.74) is 0.961. The van der Waals surface area contributed by atoms with E-state index in [0.717, 1.165) is 4.70 Å². The minimum atomic E-state index is -3.76. The lowest BCUT2D eigenvalue weighted by molar-refractivity contribution is 0.0998. The minimum absolute atomic E-state index is 0.0627. The number of benzene rings is 2. The van der Waals surface area contributed by atoms with Crippen LogP contribution in [0.2, 0.25) is 10.0 Å². The second kappa shape index (κ2) is 10.6. The number of rotatable bonds is 9. The number of fused-ring (bicyclic) bond motifs is 1. The third kappa shape index (κ3) is 5.37. The quantitative estimate of drug-likeness (QED) is 0.358. The largest absolute Gasteiger partial charge is 0.311 e. The fraction of sp³-hybridized carbons (Fsp3) is 0.130. The van der Waals surface area contributed by atoms with E-state index in [4.69, 9.17) is 23.2 Å². The van der Waals surface area contributed by atoms with Gasteiger partial charge in [-0.2, -0.15) is 9.30 Å². The molecule has 10 heteroatoms. The molecule has 0 aliphatic heterocycles. The molecule has 0 spiro atoms. The van der Waals surface area contributed by atoms with Gasteiger partial charge in [0.25, 0.3) is 5.91 Å². The first kappa shape index (κ1) is 25.1. The van der Waals surface area contributed by atoms with Crippen molar-refractivity contribution in [1.29, 1.82) is 0 Å². The molecule has 0 saturated heterocycles. The van der Waals surface area contributed by atoms with Crippen LogP contribution in [0.4, 0.5) is 0 Å². The average Bonchev–Trinajstić information content (AvgIpc) is 3.10. The van der Waals surface area contributed by atoms with Crippen LogP contribution in [0.25, 0.3) is 10.2 Å². The first-order valence-electron chi connectivity index (χ1n) is 9.73. The fourth-order valence-corrected chi connectivity index (χ4v) is 6.34. The topological polar surface area (TPSA) is 71.7 Å². The Hall–Kier alpha value is -2.49. The summed E-state index contributed by atoms with van der Waals surface area (Å²) in [6, 6.07) is 9.04. The Bertz CT molecular complexity index is 1400. The van der Waals surface area contributed by atoms with Crippen LogP contribution in [-0.4, -0.2) is 36.3 Å². The lowest BCUT2D eigenvalue weighted by atomic mass is 10.2. The van der Waals surface area contributed by atoms with Gasteiger partial charge in [0, 0.05) is 30.2 Å². The molecule has 3 rings (SSSR count). The molecular formula is C23H21Cl2N3O3S2. The molecule has 0 bridgehead atoms. The lowest BCUT2D eigenvalue weighted by Crippen LogP contribution is -2.31. The molecule has 1 heterocycles. The van der Waals surface area contributed by atoms with Gasteiger partial charge in [0.15, 0.2) is 4.80 Å². The Morgan fingerprint density at radius 1 is 1.06 bits per heavy atom. The number of carbonyl (C=O) groups excluding carboxylic acids is 1. The van der Waals surface area contributed by atoms with E-state index in [1.54, 1.807) is 22.8 Å². The molecule has 33 heavy (non-hydrogen) atoms. The second-order valence-electron chi connectivity index (χ2n) is 6.86. The van der Waals surface area contributed by atoms with Gasteiger partial charge in [0.05, 0.1) is 20.1 Å². The lowest BCUT2D eigenvalue weighted by Gasteiger charge is -2.19. The monoisotopic (exact) mass is 521 g/mol. The zero-order valence-corrected chi connectivity index (χ0v) is 20.7. The first-order valence-corrected chi connectivity index (χ1v) is 12.7. The van der Waals surface area contributed by atoms with E-state index in [9.17, 15) is 13.2 Å². The Balaban J connectivity index is 2.00. The Morgan fingerprint density at radius 2 is 1.70 bits per heavy atom. The summed E-state index contributed by atoms with van der Waals surface area (Å²) in [7, 11) is -3.76. The van der Waals surface area contributed by atoms with Crippen molar-refractivity contribution >= 4 is 60.7 Å². The van der Waals surface area contributed by atoms with Crippen LogP contribution >= 0.6 is 34.5 Å². The van der Waals surface area contributed by atoms with Gasteiger partial charge in [0.2, 0.25) is 10.0 Å². The predicted molar refractivity (Wildman–Crippen MR) is 136 cm³/mol. The number of aromatic nitrogens is 1. The van der Waals surface area contributed by atoms with Crippen LogP contribution in [0.3, 0.4) is 0 Å². The molecule has 0 aliphatic carbocycles. The summed E-state index contributed by atoms with van der Waals surface area (Å²) < 4.78 is 29.5. The van der Waals surface area contributed by atoms with Crippen LogP contribution in [0, 0.1) is 0 Å². The third-order valence-electron chi connectivity index (χ3n) is 4.61. The highest BCUT2D eigenvalue weighted by molar-refractivity contribution is 7.89. The number of sulfonamides is 1. The molecule has 6 nitrogen and oxygen atoms in total. The van der Waals surface area contributed by atoms with Crippen LogP contribution in [0.1, 0.15) is 10.4 Å². The predicted octanol–water partition coefficient (Wildman–Crippen LogP) is 5.30. The summed E-state index contributed by atoms with van der Waals surface area (Å²) in [5.74, 6) is -0.514. The molecule has 0 N–H and O–H groups in total. The summed E-state index contributed by atoms with van der Waals surface area (Å²) in [5, 5.41) is 0.929. The molecule has 3 aromatic rings. The molecule has 2 aromatic carbocycles. The van der Waals surface area contributed by atoms with E-state index in [2.05, 4.69) is 24.7 Å². The molecule has 1 amide bonds. The van der Waals surface area contributed by atoms with Crippen molar-refractivity contribution in [3.63, 3.8) is 0 Å². The van der Waals surface area contributed by atoms with Gasteiger partial charge < -0.3 is 4.57 Å². The zero-order valence-electron chi connectivity index (χ0n) is 17.6. The molecule has 0 saturated carbocycles. The number of thiazole rings is 1. The van der Waals surface area contributed by atoms with Gasteiger partial charge in [-0.1, -0.05) is 52.8 Å². The van der Waals surface area contributed by atoms with Gasteiger partial charge in [-0.05, 0) is 36.4 Å². The fourth-order valence-electron chi connectivity index (χ4n) is 3.14. The van der Waals surface area contributed by atoms with E-state index in [1.165, 1.54) is 52.1 Å². The highest BCUT2D eigenvalue weighted by Crippen LogP contribution is 2.29. The Morgan fingerprint density at radius 3 is 2.27 bits per heavy atom. The Labute approximate surface area is 206 Å². The van der Waals surface area contributed by atoms with Crippen LogP contribution < -0.4 is 4.80 Å². The number of hydrogen-bond acceptors (Lipinski definition) is 4. The molecule has 0 aliphatic rings. The molecule has 172 valence electrons. The van der Waals surface area contributed by atoms with Crippen LogP contribution in [-0.2, 0) is 16.6 Å². The van der Waals surface area contributed by atoms with Crippen molar-refractivity contribution in [2.24, 2.45) is 4.99 Å². The summed E-state index contributed by atoms with van der Waals surface area (Å²) in [6.07, 6.45) is 4.68. The van der Waals surface area contributed by atoms with Gasteiger partial charge >= 0.3 is 0 Å². The highest BCUT2D eigenvalue weighted by Gasteiger charge is 2.22. The van der Waals surface area contributed by atoms with Gasteiger partial charge in [0.1, 0.15) is 0 Å². The number of hydrogen-bond donors (Lipinski definition) is 0. The SMILES string of the molecule is C=CCN(CC=C)S(=O)(=O)c1ccc(C(=O)N=c2sc3cc(Cl)cc(Cl)c3n2CC=C)cc1. The van der Waals surface area contributed by atoms with Crippen molar-refractivity contribution in [1.82, 2.24) is 8.87 Å². The summed E-state index contributed by atoms with van der Waals surface area (Å²) in [4.78, 5) is 17.6. The number of halogens is 2. The number of amides is 1. The maximum atomic E-state index is 12.9. The van der Waals surface area contributed by atoms with E-state index in [-0.39, 0.29) is 23.5 Å². The van der Waals surface area contributed by atoms with Gasteiger partial charge in [-0.3, -0.25) is 4.79 Å². The standard InChI is InChI=1S/C23H21Cl2N3O3S2/c1-4-11-27(12-5-2)33(30,31)18-9-7-16(8-10-18)22(29)26-23-28(13-6-3)21-19(25)14-17(24)15-20(21)32-23/h4-10,14-15H,1-3,11-13H2.